The summed E-state index contributed by atoms with van der Waals surface area (Å²) < 4.78 is 15.6. The highest BCUT2D eigenvalue weighted by molar-refractivity contribution is 5.89. The first kappa shape index (κ1) is 12.8. The first-order chi connectivity index (χ1) is 8.79. The topological polar surface area (TPSA) is 57.7 Å². The molecule has 0 unspecified atom stereocenters. The third kappa shape index (κ3) is 3.43. The molecule has 0 amide bonds. The molecule has 5 nitrogen and oxygen atoms in total. The highest BCUT2D eigenvalue weighted by Gasteiger charge is 2.16. The summed E-state index contributed by atoms with van der Waals surface area (Å²) in [5.74, 6) is 0.0986. The second-order valence-electron chi connectivity index (χ2n) is 4.18. The molecule has 0 saturated carbocycles. The van der Waals surface area contributed by atoms with E-state index >= 15 is 0 Å². The van der Waals surface area contributed by atoms with E-state index in [0.29, 0.717) is 18.1 Å². The zero-order valence-electron chi connectivity index (χ0n) is 10.4. The first-order valence-corrected chi connectivity index (χ1v) is 6.08. The Morgan fingerprint density at radius 2 is 2.39 bits per heavy atom. The lowest BCUT2D eigenvalue weighted by atomic mass is 10.1. The van der Waals surface area contributed by atoms with Gasteiger partial charge in [-0.05, 0) is 25.3 Å². The quantitative estimate of drug-likeness (QED) is 0.764. The maximum atomic E-state index is 11.7. The smallest absolute Gasteiger partial charge is 0.339 e. The number of methoxy groups -OCH3 is 1. The minimum atomic E-state index is -0.376. The number of esters is 1. The van der Waals surface area contributed by atoms with E-state index in [9.17, 15) is 4.79 Å². The number of hydrogen-bond donors (Lipinski definition) is 0. The molecule has 1 aliphatic heterocycles. The van der Waals surface area contributed by atoms with E-state index in [-0.39, 0.29) is 12.1 Å². The van der Waals surface area contributed by atoms with Crippen LogP contribution in [0.25, 0.3) is 0 Å². The zero-order chi connectivity index (χ0) is 12.8. The van der Waals surface area contributed by atoms with Crippen molar-refractivity contribution in [1.82, 2.24) is 4.98 Å². The number of nitrogens with zero attached hydrogens (tertiary/aromatic N) is 1. The van der Waals surface area contributed by atoms with E-state index in [2.05, 4.69) is 4.98 Å². The van der Waals surface area contributed by atoms with Crippen LogP contribution in [0.3, 0.4) is 0 Å². The van der Waals surface area contributed by atoms with E-state index < -0.39 is 0 Å². The van der Waals surface area contributed by atoms with Gasteiger partial charge in [0.05, 0.1) is 18.8 Å². The average molecular weight is 251 g/mol. The van der Waals surface area contributed by atoms with Crippen LogP contribution in [-0.4, -0.2) is 37.4 Å². The summed E-state index contributed by atoms with van der Waals surface area (Å²) in [7, 11) is 1.53. The first-order valence-electron chi connectivity index (χ1n) is 6.08. The molecule has 0 N–H and O–H groups in total. The summed E-state index contributed by atoms with van der Waals surface area (Å²) >= 11 is 0. The molecule has 1 saturated heterocycles. The van der Waals surface area contributed by atoms with Crippen LogP contribution < -0.4 is 4.74 Å². The Labute approximate surface area is 106 Å². The molecule has 0 spiro atoms. The third-order valence-electron chi connectivity index (χ3n) is 2.86. The van der Waals surface area contributed by atoms with Crippen molar-refractivity contribution in [2.24, 2.45) is 0 Å². The highest BCUT2D eigenvalue weighted by Crippen LogP contribution is 2.14. The van der Waals surface area contributed by atoms with Gasteiger partial charge in [-0.25, -0.2) is 9.78 Å². The minimum Gasteiger partial charge on any atom is -0.481 e. The number of aromatic nitrogens is 1. The molecule has 0 aliphatic carbocycles. The van der Waals surface area contributed by atoms with E-state index in [1.54, 1.807) is 12.1 Å². The van der Waals surface area contributed by atoms with Crippen LogP contribution in [0.1, 0.15) is 29.6 Å². The van der Waals surface area contributed by atoms with E-state index in [4.69, 9.17) is 14.2 Å². The van der Waals surface area contributed by atoms with Gasteiger partial charge in [-0.2, -0.15) is 0 Å². The molecule has 5 heteroatoms. The lowest BCUT2D eigenvalue weighted by molar-refractivity contribution is -0.0300. The van der Waals surface area contributed by atoms with E-state index in [1.807, 2.05) is 0 Å². The predicted octanol–water partition coefficient (Wildman–Crippen LogP) is 1.82. The van der Waals surface area contributed by atoms with Gasteiger partial charge in [0, 0.05) is 18.9 Å². The standard InChI is InChI=1S/C13H17NO4/c1-16-12-6-5-10(8-14-12)13(15)18-9-11-4-2-3-7-17-11/h5-6,8,11H,2-4,7,9H2,1H3/t11-/m1/s1. The van der Waals surface area contributed by atoms with Crippen LogP contribution in [0, 0.1) is 0 Å². The SMILES string of the molecule is COc1ccc(C(=O)OC[C@H]2CCCCO2)cn1. The van der Waals surface area contributed by atoms with Crippen molar-refractivity contribution in [1.29, 1.82) is 0 Å². The fourth-order valence-corrected chi connectivity index (χ4v) is 1.81. The summed E-state index contributed by atoms with van der Waals surface area (Å²) in [6.07, 6.45) is 4.66. The lowest BCUT2D eigenvalue weighted by Gasteiger charge is -2.21. The molecule has 2 heterocycles. The molecule has 0 radical (unpaired) electrons. The van der Waals surface area contributed by atoms with Crippen LogP contribution >= 0.6 is 0 Å². The average Bonchev–Trinajstić information content (AvgIpc) is 2.46. The summed E-state index contributed by atoms with van der Waals surface area (Å²) in [6.45, 7) is 1.07. The van der Waals surface area contributed by atoms with Crippen LogP contribution in [0.4, 0.5) is 0 Å². The zero-order valence-corrected chi connectivity index (χ0v) is 10.4. The summed E-state index contributed by atoms with van der Waals surface area (Å²) in [4.78, 5) is 15.7. The number of ether oxygens (including phenoxy) is 3. The van der Waals surface area contributed by atoms with Crippen molar-refractivity contribution in [2.45, 2.75) is 25.4 Å². The Morgan fingerprint density at radius 3 is 3.00 bits per heavy atom. The fraction of sp³-hybridized carbons (Fsp3) is 0.538. The molecule has 1 aliphatic rings. The van der Waals surface area contributed by atoms with Gasteiger partial charge in [0.15, 0.2) is 0 Å². The largest absolute Gasteiger partial charge is 0.481 e. The van der Waals surface area contributed by atoms with Crippen LogP contribution in [0.2, 0.25) is 0 Å². The summed E-state index contributed by atoms with van der Waals surface area (Å²) in [5, 5.41) is 0. The van der Waals surface area contributed by atoms with Crippen LogP contribution in [0.15, 0.2) is 18.3 Å². The van der Waals surface area contributed by atoms with Crippen molar-refractivity contribution in [3.8, 4) is 5.88 Å². The van der Waals surface area contributed by atoms with Crippen molar-refractivity contribution in [3.05, 3.63) is 23.9 Å². The Kier molecular flexibility index (Phi) is 4.52. The van der Waals surface area contributed by atoms with Gasteiger partial charge in [-0.1, -0.05) is 0 Å². The normalized spacial score (nSPS) is 19.3. The van der Waals surface area contributed by atoms with Crippen molar-refractivity contribution in [3.63, 3.8) is 0 Å². The van der Waals surface area contributed by atoms with Crippen LogP contribution in [-0.2, 0) is 9.47 Å². The van der Waals surface area contributed by atoms with Gasteiger partial charge in [-0.3, -0.25) is 0 Å². The van der Waals surface area contributed by atoms with Gasteiger partial charge in [-0.15, -0.1) is 0 Å². The van der Waals surface area contributed by atoms with Crippen molar-refractivity contribution >= 4 is 5.97 Å². The second kappa shape index (κ2) is 6.35. The van der Waals surface area contributed by atoms with Gasteiger partial charge in [0.1, 0.15) is 6.61 Å². The fourth-order valence-electron chi connectivity index (χ4n) is 1.81. The Balaban J connectivity index is 1.82. The molecule has 0 bridgehead atoms. The maximum absolute atomic E-state index is 11.7. The third-order valence-corrected chi connectivity index (χ3v) is 2.86. The Morgan fingerprint density at radius 1 is 1.50 bits per heavy atom. The lowest BCUT2D eigenvalue weighted by Crippen LogP contribution is -2.25. The predicted molar refractivity (Wildman–Crippen MR) is 64.7 cm³/mol. The number of carbonyl (C=O) groups excluding carboxylic acids is 1. The Bertz CT molecular complexity index is 384. The molecule has 18 heavy (non-hydrogen) atoms. The van der Waals surface area contributed by atoms with Gasteiger partial charge >= 0.3 is 5.97 Å². The second-order valence-corrected chi connectivity index (χ2v) is 4.18. The van der Waals surface area contributed by atoms with Gasteiger partial charge in [0.25, 0.3) is 0 Å². The molecule has 2 rings (SSSR count). The number of pyridine rings is 1. The molecule has 1 aromatic heterocycles. The molecule has 1 aromatic rings. The summed E-state index contributed by atoms with van der Waals surface area (Å²) in [5.41, 5.74) is 0.423. The van der Waals surface area contributed by atoms with Crippen molar-refractivity contribution in [2.75, 3.05) is 20.3 Å². The highest BCUT2D eigenvalue weighted by atomic mass is 16.6. The molecule has 0 aromatic carbocycles. The molecule has 1 atom stereocenters. The molecular weight excluding hydrogens is 234 g/mol. The minimum absolute atomic E-state index is 0.0360. The monoisotopic (exact) mass is 251 g/mol. The maximum Gasteiger partial charge on any atom is 0.339 e. The molecule has 1 fully saturated rings. The van der Waals surface area contributed by atoms with E-state index in [1.165, 1.54) is 13.3 Å². The van der Waals surface area contributed by atoms with Crippen LogP contribution in [0.5, 0.6) is 5.88 Å². The number of carbonyl (C=O) groups is 1. The van der Waals surface area contributed by atoms with Crippen molar-refractivity contribution < 1.29 is 19.0 Å². The Hall–Kier alpha value is -1.62. The summed E-state index contributed by atoms with van der Waals surface area (Å²) in [6, 6.07) is 3.27. The number of rotatable bonds is 4. The van der Waals surface area contributed by atoms with E-state index in [0.717, 1.165) is 25.9 Å². The molecule has 98 valence electrons. The number of hydrogen-bond acceptors (Lipinski definition) is 5. The molecular formula is C13H17NO4. The van der Waals surface area contributed by atoms with Gasteiger partial charge in [0.2, 0.25) is 5.88 Å². The van der Waals surface area contributed by atoms with Gasteiger partial charge < -0.3 is 14.2 Å².